The van der Waals surface area contributed by atoms with Gasteiger partial charge in [-0.05, 0) is 36.2 Å². The second kappa shape index (κ2) is 6.65. The number of likely N-dealkylation sites (tertiary alicyclic amines) is 1. The Morgan fingerprint density at radius 1 is 1.21 bits per heavy atom. The van der Waals surface area contributed by atoms with Gasteiger partial charge in [-0.1, -0.05) is 30.3 Å². The van der Waals surface area contributed by atoms with Gasteiger partial charge >= 0.3 is 0 Å². The van der Waals surface area contributed by atoms with Crippen molar-refractivity contribution in [1.29, 1.82) is 0 Å². The summed E-state index contributed by atoms with van der Waals surface area (Å²) in [5, 5.41) is 14.4. The zero-order chi connectivity index (χ0) is 19.3. The lowest BCUT2D eigenvalue weighted by molar-refractivity contribution is 0.129. The number of benzene rings is 2. The lowest BCUT2D eigenvalue weighted by Crippen LogP contribution is -2.47. The number of aliphatic hydroxyl groups excluding tert-OH is 1. The number of hydrogen-bond donors (Lipinski definition) is 2. The number of nitrogens with zero attached hydrogens (tertiary/aromatic N) is 1. The lowest BCUT2D eigenvalue weighted by Gasteiger charge is -2.35. The third-order valence-corrected chi connectivity index (χ3v) is 6.60. The van der Waals surface area contributed by atoms with Crippen molar-refractivity contribution in [2.45, 2.75) is 11.6 Å². The van der Waals surface area contributed by atoms with Crippen molar-refractivity contribution in [2.75, 3.05) is 40.6 Å². The highest BCUT2D eigenvalue weighted by atomic mass is 16.7. The molecular weight excluding hydrogens is 356 g/mol. The van der Waals surface area contributed by atoms with E-state index in [4.69, 9.17) is 14.2 Å². The summed E-state index contributed by atoms with van der Waals surface area (Å²) in [4.78, 5) is 2.36. The van der Waals surface area contributed by atoms with Crippen molar-refractivity contribution in [2.24, 2.45) is 11.8 Å². The summed E-state index contributed by atoms with van der Waals surface area (Å²) in [6, 6.07) is 14.5. The zero-order valence-electron chi connectivity index (χ0n) is 16.2. The fourth-order valence-corrected chi connectivity index (χ4v) is 5.33. The quantitative estimate of drug-likeness (QED) is 0.845. The van der Waals surface area contributed by atoms with Crippen LogP contribution in [0.5, 0.6) is 17.2 Å². The van der Waals surface area contributed by atoms with Gasteiger partial charge in [-0.3, -0.25) is 5.32 Å². The molecule has 3 heterocycles. The lowest BCUT2D eigenvalue weighted by atomic mass is 9.76. The molecule has 5 rings (SSSR count). The van der Waals surface area contributed by atoms with Gasteiger partial charge in [0.1, 0.15) is 0 Å². The first-order valence-electron chi connectivity index (χ1n) is 9.76. The molecular formula is C22H26N2O4. The number of methoxy groups -OCH3 is 1. The van der Waals surface area contributed by atoms with E-state index in [1.807, 2.05) is 24.3 Å². The highest BCUT2D eigenvalue weighted by Gasteiger charge is 2.57. The summed E-state index contributed by atoms with van der Waals surface area (Å²) in [7, 11) is 3.81. The largest absolute Gasteiger partial charge is 0.493 e. The summed E-state index contributed by atoms with van der Waals surface area (Å²) in [5.41, 5.74) is 1.78. The van der Waals surface area contributed by atoms with Crippen LogP contribution in [0.15, 0.2) is 42.5 Å². The topological polar surface area (TPSA) is 63.2 Å². The molecule has 6 heteroatoms. The molecule has 0 spiro atoms. The predicted molar refractivity (Wildman–Crippen MR) is 105 cm³/mol. The number of rotatable bonds is 4. The molecule has 4 atom stereocenters. The van der Waals surface area contributed by atoms with Crippen LogP contribution in [0.25, 0.3) is 0 Å². The maximum Gasteiger partial charge on any atom is 0.231 e. The Kier molecular flexibility index (Phi) is 4.23. The molecule has 0 aliphatic carbocycles. The molecule has 2 fully saturated rings. The number of nitrogens with one attached hydrogen (secondary N) is 1. The van der Waals surface area contributed by atoms with Gasteiger partial charge in [-0.25, -0.2) is 0 Å². The highest BCUT2D eigenvalue weighted by molar-refractivity contribution is 5.56. The predicted octanol–water partition coefficient (Wildman–Crippen LogP) is 2.13. The average Bonchev–Trinajstić information content (AvgIpc) is 3.42. The van der Waals surface area contributed by atoms with Gasteiger partial charge in [0, 0.05) is 25.0 Å². The fraction of sp³-hybridized carbons (Fsp3) is 0.455. The molecule has 0 aromatic heterocycles. The first-order valence-corrected chi connectivity index (χ1v) is 9.76. The number of ether oxygens (including phenoxy) is 3. The molecule has 0 amide bonds. The van der Waals surface area contributed by atoms with Gasteiger partial charge in [0.15, 0.2) is 11.5 Å². The molecule has 3 aliphatic heterocycles. The Morgan fingerprint density at radius 3 is 2.79 bits per heavy atom. The van der Waals surface area contributed by atoms with Crippen LogP contribution in [0.3, 0.4) is 0 Å². The molecule has 0 bridgehead atoms. The second-order valence-corrected chi connectivity index (χ2v) is 8.07. The zero-order valence-corrected chi connectivity index (χ0v) is 16.2. The van der Waals surface area contributed by atoms with Crippen LogP contribution < -0.4 is 19.5 Å². The normalized spacial score (nSPS) is 31.2. The smallest absolute Gasteiger partial charge is 0.231 e. The van der Waals surface area contributed by atoms with Crippen molar-refractivity contribution in [1.82, 2.24) is 10.2 Å². The van der Waals surface area contributed by atoms with Crippen LogP contribution >= 0.6 is 0 Å². The average molecular weight is 382 g/mol. The Bertz CT molecular complexity index is 874. The minimum atomic E-state index is -0.467. The first-order chi connectivity index (χ1) is 13.7. The van der Waals surface area contributed by atoms with Gasteiger partial charge in [0.05, 0.1) is 19.3 Å². The van der Waals surface area contributed by atoms with Gasteiger partial charge in [0.25, 0.3) is 0 Å². The minimum Gasteiger partial charge on any atom is -0.493 e. The van der Waals surface area contributed by atoms with E-state index in [1.165, 1.54) is 0 Å². The van der Waals surface area contributed by atoms with Gasteiger partial charge in [0.2, 0.25) is 12.5 Å². The molecule has 148 valence electrons. The van der Waals surface area contributed by atoms with Crippen molar-refractivity contribution >= 4 is 0 Å². The van der Waals surface area contributed by atoms with Crippen LogP contribution in [0.1, 0.15) is 17.2 Å². The standard InChI is InChI=1S/C22H26N2O4/c1-24-10-16-17(11-24)22(12-25,15-6-4-3-5-7-15)23-20(16)14-8-18(26-2)21-19(9-14)27-13-28-21/h3-9,16-17,20,23,25H,10-13H2,1-2H3/t16-,17+,20-,22-/m0/s1. The number of fused-ring (bicyclic) bond motifs is 2. The van der Waals surface area contributed by atoms with E-state index in [0.717, 1.165) is 30.0 Å². The SMILES string of the molecule is COc1cc([C@@H]2N[C@@](CO)(c3ccccc3)[C@@H]3CN(C)C[C@@H]32)cc2c1OCO2. The molecule has 2 aromatic carbocycles. The Hall–Kier alpha value is -2.28. The summed E-state index contributed by atoms with van der Waals surface area (Å²) < 4.78 is 16.8. The number of aliphatic hydroxyl groups is 1. The molecule has 2 aromatic rings. The van der Waals surface area contributed by atoms with Crippen LogP contribution in [-0.2, 0) is 5.54 Å². The van der Waals surface area contributed by atoms with E-state index in [2.05, 4.69) is 35.5 Å². The van der Waals surface area contributed by atoms with E-state index >= 15 is 0 Å². The van der Waals surface area contributed by atoms with Crippen LogP contribution in [0, 0.1) is 11.8 Å². The molecule has 0 unspecified atom stereocenters. The minimum absolute atomic E-state index is 0.0597. The molecule has 2 N–H and O–H groups in total. The second-order valence-electron chi connectivity index (χ2n) is 8.07. The van der Waals surface area contributed by atoms with E-state index in [0.29, 0.717) is 23.3 Å². The Morgan fingerprint density at radius 2 is 2.04 bits per heavy atom. The molecule has 6 nitrogen and oxygen atoms in total. The van der Waals surface area contributed by atoms with Gasteiger partial charge < -0.3 is 24.2 Å². The molecule has 0 radical (unpaired) electrons. The maximum atomic E-state index is 10.6. The van der Waals surface area contributed by atoms with Crippen molar-refractivity contribution < 1.29 is 19.3 Å². The summed E-state index contributed by atoms with van der Waals surface area (Å²) in [6.45, 7) is 2.20. The summed E-state index contributed by atoms with van der Waals surface area (Å²) in [6.07, 6.45) is 0. The third kappa shape index (κ3) is 2.52. The summed E-state index contributed by atoms with van der Waals surface area (Å²) >= 11 is 0. The third-order valence-electron chi connectivity index (χ3n) is 6.60. The van der Waals surface area contributed by atoms with E-state index < -0.39 is 5.54 Å². The molecule has 2 saturated heterocycles. The van der Waals surface area contributed by atoms with Crippen LogP contribution in [-0.4, -0.2) is 50.7 Å². The van der Waals surface area contributed by atoms with E-state index in [1.54, 1.807) is 7.11 Å². The molecule has 28 heavy (non-hydrogen) atoms. The first kappa shape index (κ1) is 17.8. The van der Waals surface area contributed by atoms with E-state index in [-0.39, 0.29) is 19.4 Å². The van der Waals surface area contributed by atoms with Crippen molar-refractivity contribution in [3.8, 4) is 17.2 Å². The van der Waals surface area contributed by atoms with Crippen LogP contribution in [0.4, 0.5) is 0 Å². The van der Waals surface area contributed by atoms with Crippen LogP contribution in [0.2, 0.25) is 0 Å². The molecule has 0 saturated carbocycles. The van der Waals surface area contributed by atoms with E-state index in [9.17, 15) is 5.11 Å². The fourth-order valence-electron chi connectivity index (χ4n) is 5.33. The van der Waals surface area contributed by atoms with Crippen molar-refractivity contribution in [3.63, 3.8) is 0 Å². The Labute approximate surface area is 165 Å². The maximum absolute atomic E-state index is 10.6. The van der Waals surface area contributed by atoms with Gasteiger partial charge in [-0.2, -0.15) is 0 Å². The number of hydrogen-bond acceptors (Lipinski definition) is 6. The van der Waals surface area contributed by atoms with Gasteiger partial charge in [-0.15, -0.1) is 0 Å². The monoisotopic (exact) mass is 382 g/mol. The summed E-state index contributed by atoms with van der Waals surface area (Å²) in [5.74, 6) is 2.77. The van der Waals surface area contributed by atoms with Crippen molar-refractivity contribution in [3.05, 3.63) is 53.6 Å². The highest BCUT2D eigenvalue weighted by Crippen LogP contribution is 2.53. The molecule has 3 aliphatic rings. The Balaban J connectivity index is 1.60.